The van der Waals surface area contributed by atoms with Gasteiger partial charge >= 0.3 is 12.1 Å². The molecule has 0 radical (unpaired) electrons. The summed E-state index contributed by atoms with van der Waals surface area (Å²) < 4.78 is 65.0. The fourth-order valence-corrected chi connectivity index (χ4v) is 7.63. The third-order valence-electron chi connectivity index (χ3n) is 7.46. The topological polar surface area (TPSA) is 91.8 Å². The number of hydrogen-bond acceptors (Lipinski definition) is 4. The van der Waals surface area contributed by atoms with Gasteiger partial charge in [-0.3, -0.25) is 9.59 Å². The SMILES string of the molecule is C[C@]1(CC(=O)O)C[C@H](c2cccc(Cl)c2)[C@@H](c2ccc(Cl)cc2)N(C(CS(=O)(=O)CC(F)(F)F)C2CC2)C1=O. The minimum absolute atomic E-state index is 0.106. The number of amides is 1. The number of hydrogen-bond donors (Lipinski definition) is 1. The summed E-state index contributed by atoms with van der Waals surface area (Å²) in [6, 6.07) is 11.6. The molecule has 1 N–H and O–H groups in total. The first-order chi connectivity index (χ1) is 18.1. The zero-order valence-corrected chi connectivity index (χ0v) is 23.3. The molecule has 39 heavy (non-hydrogen) atoms. The number of halogens is 5. The predicted octanol–water partition coefficient (Wildman–Crippen LogP) is 6.29. The maximum absolute atomic E-state index is 14.2. The second-order valence-electron chi connectivity index (χ2n) is 10.8. The number of carbonyl (C=O) groups excluding carboxylic acids is 1. The minimum atomic E-state index is -4.93. The van der Waals surface area contributed by atoms with Gasteiger partial charge in [0.25, 0.3) is 0 Å². The van der Waals surface area contributed by atoms with Crippen LogP contribution >= 0.6 is 23.2 Å². The normalized spacial score (nSPS) is 25.0. The monoisotopic (exact) mass is 605 g/mol. The van der Waals surface area contributed by atoms with Crippen molar-refractivity contribution in [1.29, 1.82) is 0 Å². The van der Waals surface area contributed by atoms with Gasteiger partial charge in [-0.1, -0.05) is 54.4 Å². The van der Waals surface area contributed by atoms with Crippen molar-refractivity contribution < 1.29 is 36.3 Å². The van der Waals surface area contributed by atoms with Crippen LogP contribution in [-0.2, 0) is 19.4 Å². The molecule has 1 aliphatic heterocycles. The number of alkyl halides is 3. The summed E-state index contributed by atoms with van der Waals surface area (Å²) in [5.74, 6) is -5.55. The molecule has 1 aliphatic carbocycles. The smallest absolute Gasteiger partial charge is 0.402 e. The second-order valence-corrected chi connectivity index (χ2v) is 13.8. The number of nitrogens with zero attached hydrogens (tertiary/aromatic N) is 1. The molecule has 212 valence electrons. The van der Waals surface area contributed by atoms with Crippen molar-refractivity contribution in [3.8, 4) is 0 Å². The van der Waals surface area contributed by atoms with Crippen molar-refractivity contribution in [1.82, 2.24) is 4.90 Å². The quantitative estimate of drug-likeness (QED) is 0.363. The molecule has 0 bridgehead atoms. The Kier molecular flexibility index (Phi) is 8.32. The molecule has 2 aromatic rings. The van der Waals surface area contributed by atoms with Gasteiger partial charge in [-0.2, -0.15) is 13.2 Å². The molecular formula is C27H28Cl2F3NO5S. The van der Waals surface area contributed by atoms with Crippen molar-refractivity contribution in [2.75, 3.05) is 11.5 Å². The number of benzene rings is 2. The lowest BCUT2D eigenvalue weighted by Gasteiger charge is -2.52. The van der Waals surface area contributed by atoms with Gasteiger partial charge in [0.2, 0.25) is 5.91 Å². The van der Waals surface area contributed by atoms with Gasteiger partial charge in [0.05, 0.1) is 23.6 Å². The Labute approximate surface area is 235 Å². The van der Waals surface area contributed by atoms with E-state index in [9.17, 15) is 36.3 Å². The van der Waals surface area contributed by atoms with Gasteiger partial charge in [-0.25, -0.2) is 8.42 Å². The lowest BCUT2D eigenvalue weighted by Crippen LogP contribution is -2.58. The Morgan fingerprint density at radius 3 is 2.28 bits per heavy atom. The fraction of sp³-hybridized carbons (Fsp3) is 0.481. The zero-order valence-electron chi connectivity index (χ0n) is 21.0. The van der Waals surface area contributed by atoms with E-state index < -0.39 is 69.2 Å². The van der Waals surface area contributed by atoms with Gasteiger partial charge in [-0.05, 0) is 60.6 Å². The first-order valence-electron chi connectivity index (χ1n) is 12.4. The Bertz CT molecular complexity index is 1350. The summed E-state index contributed by atoms with van der Waals surface area (Å²) in [4.78, 5) is 27.5. The molecule has 4 rings (SSSR count). The summed E-state index contributed by atoms with van der Waals surface area (Å²) in [5, 5.41) is 10.5. The number of likely N-dealkylation sites (tertiary alicyclic amines) is 1. The largest absolute Gasteiger partial charge is 0.481 e. The third-order valence-corrected chi connectivity index (χ3v) is 9.57. The van der Waals surface area contributed by atoms with Crippen molar-refractivity contribution >= 4 is 44.9 Å². The molecule has 12 heteroatoms. The highest BCUT2D eigenvalue weighted by molar-refractivity contribution is 7.91. The van der Waals surface area contributed by atoms with Gasteiger partial charge in [-0.15, -0.1) is 0 Å². The molecule has 2 aliphatic rings. The Hall–Kier alpha value is -2.30. The number of rotatable bonds is 9. The number of sulfone groups is 1. The molecule has 2 aromatic carbocycles. The van der Waals surface area contributed by atoms with Gasteiger partial charge in [0.1, 0.15) is 5.75 Å². The van der Waals surface area contributed by atoms with Crippen LogP contribution in [0.15, 0.2) is 48.5 Å². The second kappa shape index (κ2) is 10.9. The molecule has 0 aromatic heterocycles. The molecule has 1 unspecified atom stereocenters. The van der Waals surface area contributed by atoms with Crippen LogP contribution in [0.2, 0.25) is 10.0 Å². The first kappa shape index (κ1) is 29.7. The van der Waals surface area contributed by atoms with Gasteiger partial charge in [0.15, 0.2) is 9.84 Å². The van der Waals surface area contributed by atoms with E-state index in [1.165, 1.54) is 11.8 Å². The van der Waals surface area contributed by atoms with Crippen LogP contribution in [0.3, 0.4) is 0 Å². The molecule has 1 amide bonds. The van der Waals surface area contributed by atoms with E-state index in [4.69, 9.17) is 23.2 Å². The van der Waals surface area contributed by atoms with Crippen molar-refractivity contribution in [2.24, 2.45) is 11.3 Å². The van der Waals surface area contributed by atoms with Crippen molar-refractivity contribution in [3.05, 3.63) is 69.7 Å². The molecule has 4 atom stereocenters. The van der Waals surface area contributed by atoms with Crippen molar-refractivity contribution in [3.63, 3.8) is 0 Å². The molecule has 0 spiro atoms. The summed E-state index contributed by atoms with van der Waals surface area (Å²) in [6.45, 7) is 1.51. The minimum Gasteiger partial charge on any atom is -0.481 e. The maximum Gasteiger partial charge on any atom is 0.402 e. The average molecular weight is 606 g/mol. The van der Waals surface area contributed by atoms with Gasteiger partial charge in [0, 0.05) is 22.0 Å². The van der Waals surface area contributed by atoms with Crippen LogP contribution in [0.5, 0.6) is 0 Å². The standard InChI is InChI=1S/C27H28Cl2F3NO5S/c1-26(13-23(34)35)12-21(18-3-2-4-20(29)11-18)24(17-7-9-19(28)10-8-17)33(25(26)36)22(16-5-6-16)14-39(37,38)15-27(30,31)32/h2-4,7-11,16,21-22,24H,5-6,12-15H2,1H3,(H,34,35)/t21-,22?,24-,26-/m1/s1. The summed E-state index contributed by atoms with van der Waals surface area (Å²) in [7, 11) is -4.66. The summed E-state index contributed by atoms with van der Waals surface area (Å²) in [5.41, 5.74) is -0.138. The predicted molar refractivity (Wildman–Crippen MR) is 141 cm³/mol. The number of carbonyl (C=O) groups is 2. The Morgan fingerprint density at radius 2 is 1.74 bits per heavy atom. The molecule has 2 fully saturated rings. The molecule has 1 saturated carbocycles. The molecule has 1 saturated heterocycles. The van der Waals surface area contributed by atoms with E-state index in [0.29, 0.717) is 34.0 Å². The lowest BCUT2D eigenvalue weighted by atomic mass is 9.67. The third kappa shape index (κ3) is 7.08. The maximum atomic E-state index is 14.2. The van der Waals surface area contributed by atoms with Crippen LogP contribution in [0.25, 0.3) is 0 Å². The van der Waals surface area contributed by atoms with E-state index in [1.54, 1.807) is 48.5 Å². The highest BCUT2D eigenvalue weighted by Gasteiger charge is 2.55. The fourth-order valence-electron chi connectivity index (χ4n) is 5.74. The Morgan fingerprint density at radius 1 is 1.10 bits per heavy atom. The highest BCUT2D eigenvalue weighted by Crippen LogP contribution is 2.54. The zero-order chi connectivity index (χ0) is 28.8. The average Bonchev–Trinajstić information content (AvgIpc) is 3.63. The van der Waals surface area contributed by atoms with Gasteiger partial charge < -0.3 is 10.0 Å². The van der Waals surface area contributed by atoms with Crippen LogP contribution in [0.1, 0.15) is 55.7 Å². The van der Waals surface area contributed by atoms with Crippen LogP contribution in [0.4, 0.5) is 13.2 Å². The van der Waals surface area contributed by atoms with E-state index in [1.807, 2.05) is 0 Å². The molecule has 6 nitrogen and oxygen atoms in total. The van der Waals surface area contributed by atoms with E-state index in [-0.39, 0.29) is 12.3 Å². The summed E-state index contributed by atoms with van der Waals surface area (Å²) >= 11 is 12.4. The number of carboxylic acid groups (broad SMARTS) is 1. The number of aliphatic carboxylic acids is 1. The van der Waals surface area contributed by atoms with E-state index in [0.717, 1.165) is 0 Å². The Balaban J connectivity index is 1.91. The van der Waals surface area contributed by atoms with Crippen LogP contribution in [-0.4, -0.2) is 54.0 Å². The van der Waals surface area contributed by atoms with E-state index in [2.05, 4.69) is 0 Å². The van der Waals surface area contributed by atoms with Crippen molar-refractivity contribution in [2.45, 2.75) is 56.8 Å². The number of carboxylic acids is 1. The van der Waals surface area contributed by atoms with E-state index >= 15 is 0 Å². The highest BCUT2D eigenvalue weighted by atomic mass is 35.5. The van der Waals surface area contributed by atoms with Crippen LogP contribution < -0.4 is 0 Å². The molecule has 1 heterocycles. The summed E-state index contributed by atoms with van der Waals surface area (Å²) in [6.07, 6.45) is -4.27. The lowest BCUT2D eigenvalue weighted by molar-refractivity contribution is -0.160. The number of piperidine rings is 1. The molecular weight excluding hydrogens is 578 g/mol. The van der Waals surface area contributed by atoms with Crippen LogP contribution in [0, 0.1) is 11.3 Å². The first-order valence-corrected chi connectivity index (χ1v) is 15.0.